The Labute approximate surface area is 189 Å². The Bertz CT molecular complexity index is 963. The molecule has 1 fully saturated rings. The summed E-state index contributed by atoms with van der Waals surface area (Å²) in [5.74, 6) is 1.16. The van der Waals surface area contributed by atoms with Crippen molar-refractivity contribution in [3.8, 4) is 11.5 Å². The topological polar surface area (TPSA) is 60.4 Å². The van der Waals surface area contributed by atoms with Gasteiger partial charge in [0.2, 0.25) is 0 Å². The molecular formula is C22H23BrN2O4S. The van der Waals surface area contributed by atoms with Crippen LogP contribution in [0.3, 0.4) is 0 Å². The molecule has 1 aliphatic heterocycles. The predicted octanol–water partition coefficient (Wildman–Crippen LogP) is 5.11. The number of halogens is 1. The molecule has 0 aromatic heterocycles. The van der Waals surface area contributed by atoms with Gasteiger partial charge in [0.1, 0.15) is 11.5 Å². The number of ether oxygens (including phenoxy) is 3. The summed E-state index contributed by atoms with van der Waals surface area (Å²) in [5.41, 5.74) is 1.56. The molecule has 0 radical (unpaired) electrons. The zero-order chi connectivity index (χ0) is 21.5. The lowest BCUT2D eigenvalue weighted by atomic mass is 10.1. The highest BCUT2D eigenvalue weighted by atomic mass is 79.9. The Morgan fingerprint density at radius 1 is 1.13 bits per heavy atom. The first-order valence-electron chi connectivity index (χ1n) is 9.41. The molecule has 1 aliphatic rings. The first-order chi connectivity index (χ1) is 14.6. The highest BCUT2D eigenvalue weighted by Crippen LogP contribution is 2.38. The van der Waals surface area contributed by atoms with Crippen molar-refractivity contribution in [2.24, 2.45) is 4.99 Å². The van der Waals surface area contributed by atoms with Gasteiger partial charge >= 0.3 is 0 Å². The second-order valence-corrected chi connectivity index (χ2v) is 8.09. The van der Waals surface area contributed by atoms with E-state index in [1.807, 2.05) is 49.4 Å². The Morgan fingerprint density at radius 2 is 1.87 bits per heavy atom. The summed E-state index contributed by atoms with van der Waals surface area (Å²) < 4.78 is 17.0. The van der Waals surface area contributed by atoms with E-state index in [1.165, 1.54) is 11.8 Å². The lowest BCUT2D eigenvalue weighted by Gasteiger charge is -2.15. The van der Waals surface area contributed by atoms with Gasteiger partial charge in [0, 0.05) is 18.2 Å². The molecule has 3 rings (SSSR count). The van der Waals surface area contributed by atoms with Crippen molar-refractivity contribution < 1.29 is 19.0 Å². The molecule has 0 saturated carbocycles. The molecule has 2 aromatic rings. The first-order valence-corrected chi connectivity index (χ1v) is 11.0. The van der Waals surface area contributed by atoms with Crippen LogP contribution in [0, 0.1) is 0 Å². The van der Waals surface area contributed by atoms with Crippen LogP contribution < -0.4 is 9.47 Å². The van der Waals surface area contributed by atoms with Gasteiger partial charge in [-0.15, -0.1) is 0 Å². The fraction of sp³-hybridized carbons (Fsp3) is 0.273. The number of hydrogen-bond acceptors (Lipinski definition) is 6. The van der Waals surface area contributed by atoms with Gasteiger partial charge in [-0.3, -0.25) is 9.69 Å². The number of nitrogens with zero attached hydrogens (tertiary/aromatic N) is 2. The minimum absolute atomic E-state index is 0.108. The largest absolute Gasteiger partial charge is 0.496 e. The molecule has 8 heteroatoms. The normalized spacial score (nSPS) is 16.5. The van der Waals surface area contributed by atoms with Gasteiger partial charge in [0.25, 0.3) is 5.91 Å². The SMILES string of the molecule is CCOCCN1C(=O)/C(=C/c2cc(Br)c(OC)cc2OC)SC1=Nc1ccccc1. The lowest BCUT2D eigenvalue weighted by molar-refractivity contribution is -0.122. The summed E-state index contributed by atoms with van der Waals surface area (Å²) in [6.45, 7) is 3.41. The number of amides is 1. The van der Waals surface area contributed by atoms with Crippen LogP contribution in [-0.4, -0.2) is 50.0 Å². The van der Waals surface area contributed by atoms with E-state index >= 15 is 0 Å². The minimum atomic E-state index is -0.108. The molecule has 0 N–H and O–H groups in total. The van der Waals surface area contributed by atoms with Crippen LogP contribution in [-0.2, 0) is 9.53 Å². The highest BCUT2D eigenvalue weighted by Gasteiger charge is 2.33. The molecular weight excluding hydrogens is 468 g/mol. The number of thioether (sulfide) groups is 1. The average molecular weight is 491 g/mol. The lowest BCUT2D eigenvalue weighted by Crippen LogP contribution is -2.32. The van der Waals surface area contributed by atoms with Crippen LogP contribution in [0.25, 0.3) is 6.08 Å². The third-order valence-electron chi connectivity index (χ3n) is 4.32. The van der Waals surface area contributed by atoms with Crippen molar-refractivity contribution in [2.75, 3.05) is 34.0 Å². The van der Waals surface area contributed by atoms with Crippen molar-refractivity contribution in [3.63, 3.8) is 0 Å². The Morgan fingerprint density at radius 3 is 2.53 bits per heavy atom. The molecule has 0 unspecified atom stereocenters. The molecule has 158 valence electrons. The molecule has 0 bridgehead atoms. The number of para-hydroxylation sites is 1. The average Bonchev–Trinajstić information content (AvgIpc) is 3.03. The highest BCUT2D eigenvalue weighted by molar-refractivity contribution is 9.10. The van der Waals surface area contributed by atoms with Crippen LogP contribution in [0.15, 0.2) is 56.8 Å². The van der Waals surface area contributed by atoms with Crippen LogP contribution in [0.1, 0.15) is 12.5 Å². The van der Waals surface area contributed by atoms with E-state index in [-0.39, 0.29) is 5.91 Å². The third-order valence-corrected chi connectivity index (χ3v) is 5.95. The second kappa shape index (κ2) is 10.7. The predicted molar refractivity (Wildman–Crippen MR) is 125 cm³/mol. The van der Waals surface area contributed by atoms with E-state index in [9.17, 15) is 4.79 Å². The number of carbonyl (C=O) groups is 1. The maximum atomic E-state index is 13.1. The third kappa shape index (κ3) is 5.24. The van der Waals surface area contributed by atoms with Crippen LogP contribution in [0.5, 0.6) is 11.5 Å². The summed E-state index contributed by atoms with van der Waals surface area (Å²) in [5, 5.41) is 0.628. The maximum Gasteiger partial charge on any atom is 0.266 e. The number of rotatable bonds is 8. The Hall–Kier alpha value is -2.29. The molecule has 2 aromatic carbocycles. The van der Waals surface area contributed by atoms with E-state index in [2.05, 4.69) is 20.9 Å². The Balaban J connectivity index is 1.97. The molecule has 0 atom stereocenters. The summed E-state index contributed by atoms with van der Waals surface area (Å²) in [4.78, 5) is 20.0. The van der Waals surface area contributed by atoms with Gasteiger partial charge in [-0.05, 0) is 58.9 Å². The molecule has 0 aliphatic carbocycles. The summed E-state index contributed by atoms with van der Waals surface area (Å²) >= 11 is 4.83. The standard InChI is InChI=1S/C22H23BrN2O4S/c1-4-29-11-10-25-21(26)20(30-22(25)24-16-8-6-5-7-9-16)13-15-12-17(23)19(28-3)14-18(15)27-2/h5-9,12-14H,4,10-11H2,1-3H3/b20-13-,24-22?. The minimum Gasteiger partial charge on any atom is -0.496 e. The zero-order valence-corrected chi connectivity index (χ0v) is 19.5. The van der Waals surface area contributed by atoms with Crippen molar-refractivity contribution >= 4 is 50.5 Å². The van der Waals surface area contributed by atoms with E-state index in [0.29, 0.717) is 41.3 Å². The van der Waals surface area contributed by atoms with Gasteiger partial charge in [-0.25, -0.2) is 4.99 Å². The monoisotopic (exact) mass is 490 g/mol. The van der Waals surface area contributed by atoms with Crippen molar-refractivity contribution in [2.45, 2.75) is 6.92 Å². The van der Waals surface area contributed by atoms with Crippen LogP contribution in [0.4, 0.5) is 5.69 Å². The molecule has 6 nitrogen and oxygen atoms in total. The fourth-order valence-corrected chi connectivity index (χ4v) is 4.38. The molecule has 1 saturated heterocycles. The van der Waals surface area contributed by atoms with Crippen LogP contribution in [0.2, 0.25) is 0 Å². The van der Waals surface area contributed by atoms with Gasteiger partial charge < -0.3 is 14.2 Å². The maximum absolute atomic E-state index is 13.1. The second-order valence-electron chi connectivity index (χ2n) is 6.22. The van der Waals surface area contributed by atoms with Crippen molar-refractivity contribution in [1.29, 1.82) is 0 Å². The number of amidine groups is 1. The molecule has 30 heavy (non-hydrogen) atoms. The number of carbonyl (C=O) groups excluding carboxylic acids is 1. The zero-order valence-electron chi connectivity index (χ0n) is 17.1. The number of methoxy groups -OCH3 is 2. The van der Waals surface area contributed by atoms with E-state index in [0.717, 1.165) is 15.7 Å². The van der Waals surface area contributed by atoms with Gasteiger partial charge in [-0.2, -0.15) is 0 Å². The number of benzene rings is 2. The van der Waals surface area contributed by atoms with Crippen molar-refractivity contribution in [3.05, 3.63) is 57.4 Å². The quantitative estimate of drug-likeness (QED) is 0.380. The van der Waals surface area contributed by atoms with E-state index < -0.39 is 0 Å². The van der Waals surface area contributed by atoms with E-state index in [4.69, 9.17) is 14.2 Å². The Kier molecular flexibility index (Phi) is 7.95. The molecule has 0 spiro atoms. The van der Waals surface area contributed by atoms with Gasteiger partial charge in [-0.1, -0.05) is 18.2 Å². The summed E-state index contributed by atoms with van der Waals surface area (Å²) in [6, 6.07) is 13.2. The number of hydrogen-bond donors (Lipinski definition) is 0. The van der Waals surface area contributed by atoms with Gasteiger partial charge in [0.05, 0.1) is 42.4 Å². The smallest absolute Gasteiger partial charge is 0.266 e. The first kappa shape index (κ1) is 22.4. The van der Waals surface area contributed by atoms with Crippen molar-refractivity contribution in [1.82, 2.24) is 4.90 Å². The molecule has 1 amide bonds. The van der Waals surface area contributed by atoms with Gasteiger partial charge in [0.15, 0.2) is 5.17 Å². The summed E-state index contributed by atoms with van der Waals surface area (Å²) in [7, 11) is 3.18. The number of aliphatic imine (C=N–C) groups is 1. The fourth-order valence-electron chi connectivity index (χ4n) is 2.84. The van der Waals surface area contributed by atoms with E-state index in [1.54, 1.807) is 25.2 Å². The summed E-state index contributed by atoms with van der Waals surface area (Å²) in [6.07, 6.45) is 1.82. The van der Waals surface area contributed by atoms with Crippen LogP contribution >= 0.6 is 27.7 Å². The molecule has 1 heterocycles.